The molecule has 2 aromatic carbocycles. The van der Waals surface area contributed by atoms with Gasteiger partial charge < -0.3 is 5.73 Å². The first-order valence-electron chi connectivity index (χ1n) is 5.86. The molecule has 5 nitrogen and oxygen atoms in total. The maximum atomic E-state index is 14.0. The molecule has 0 aliphatic heterocycles. The molecule has 0 bridgehead atoms. The van der Waals surface area contributed by atoms with Gasteiger partial charge in [-0.3, -0.25) is 0 Å². The van der Waals surface area contributed by atoms with Gasteiger partial charge in [0.2, 0.25) is 0 Å². The minimum atomic E-state index is -0.585. The lowest BCUT2D eigenvalue weighted by Gasteiger charge is -2.08. The molecule has 21 heavy (non-hydrogen) atoms. The quantitative estimate of drug-likeness (QED) is 0.720. The number of hydrogen-bond donors (Lipinski definition) is 1. The molecule has 2 N–H and O–H groups in total. The third-order valence-corrected chi connectivity index (χ3v) is 3.49. The number of nitrogens with zero attached hydrogens (tertiary/aromatic N) is 4. The molecule has 0 radical (unpaired) electrons. The highest BCUT2D eigenvalue weighted by molar-refractivity contribution is 9.10. The van der Waals surface area contributed by atoms with Crippen LogP contribution >= 0.6 is 15.9 Å². The lowest BCUT2D eigenvalue weighted by atomic mass is 10.1. The SMILES string of the molecule is Nc1ccc(-c2nnnn2-c2c(F)cccc2Br)c(F)c1. The Hall–Kier alpha value is -2.35. The molecular formula is C13H8BrF2N5. The van der Waals surface area contributed by atoms with Crippen molar-refractivity contribution in [3.05, 3.63) is 52.5 Å². The van der Waals surface area contributed by atoms with Crippen molar-refractivity contribution in [2.24, 2.45) is 0 Å². The number of para-hydroxylation sites is 1. The fraction of sp³-hybridized carbons (Fsp3) is 0. The smallest absolute Gasteiger partial charge is 0.190 e. The predicted octanol–water partition coefficient (Wildman–Crippen LogP) is 2.95. The summed E-state index contributed by atoms with van der Waals surface area (Å²) in [6.07, 6.45) is 0. The summed E-state index contributed by atoms with van der Waals surface area (Å²) in [6.45, 7) is 0. The summed E-state index contributed by atoms with van der Waals surface area (Å²) in [7, 11) is 0. The molecule has 3 aromatic rings. The van der Waals surface area contributed by atoms with E-state index in [1.807, 2.05) is 0 Å². The van der Waals surface area contributed by atoms with Crippen molar-refractivity contribution in [2.45, 2.75) is 0 Å². The van der Waals surface area contributed by atoms with Crippen LogP contribution in [0, 0.1) is 11.6 Å². The zero-order valence-electron chi connectivity index (χ0n) is 10.5. The Morgan fingerprint density at radius 1 is 1.10 bits per heavy atom. The van der Waals surface area contributed by atoms with Crippen molar-refractivity contribution in [3.8, 4) is 17.1 Å². The Bertz CT molecular complexity index is 798. The number of halogens is 3. The van der Waals surface area contributed by atoms with Crippen LogP contribution in [0.2, 0.25) is 0 Å². The molecule has 0 unspecified atom stereocenters. The van der Waals surface area contributed by atoms with Gasteiger partial charge in [0.1, 0.15) is 17.3 Å². The van der Waals surface area contributed by atoms with Gasteiger partial charge in [-0.1, -0.05) is 6.07 Å². The van der Waals surface area contributed by atoms with Crippen molar-refractivity contribution in [1.82, 2.24) is 20.2 Å². The third-order valence-electron chi connectivity index (χ3n) is 2.85. The molecule has 1 heterocycles. The number of rotatable bonds is 2. The maximum absolute atomic E-state index is 14.0. The van der Waals surface area contributed by atoms with E-state index in [0.717, 1.165) is 10.7 Å². The van der Waals surface area contributed by atoms with Crippen molar-refractivity contribution in [3.63, 3.8) is 0 Å². The van der Waals surface area contributed by atoms with Gasteiger partial charge in [0.05, 0.1) is 5.56 Å². The van der Waals surface area contributed by atoms with Crippen LogP contribution < -0.4 is 5.73 Å². The number of tetrazole rings is 1. The lowest BCUT2D eigenvalue weighted by molar-refractivity contribution is 0.604. The number of benzene rings is 2. The predicted molar refractivity (Wildman–Crippen MR) is 76.6 cm³/mol. The van der Waals surface area contributed by atoms with E-state index in [4.69, 9.17) is 5.73 Å². The molecule has 0 spiro atoms. The second-order valence-corrected chi connectivity index (χ2v) is 5.08. The van der Waals surface area contributed by atoms with Gasteiger partial charge in [-0.25, -0.2) is 8.78 Å². The summed E-state index contributed by atoms with van der Waals surface area (Å²) >= 11 is 3.24. The second-order valence-electron chi connectivity index (χ2n) is 4.22. The number of aromatic nitrogens is 4. The summed E-state index contributed by atoms with van der Waals surface area (Å²) in [4.78, 5) is 0. The highest BCUT2D eigenvalue weighted by Gasteiger charge is 2.19. The van der Waals surface area contributed by atoms with Gasteiger partial charge in [-0.2, -0.15) is 4.68 Å². The normalized spacial score (nSPS) is 10.8. The van der Waals surface area contributed by atoms with Gasteiger partial charge in [0.15, 0.2) is 5.82 Å². The van der Waals surface area contributed by atoms with E-state index in [1.54, 1.807) is 6.07 Å². The fourth-order valence-electron chi connectivity index (χ4n) is 1.91. The number of hydrogen-bond acceptors (Lipinski definition) is 4. The fourth-order valence-corrected chi connectivity index (χ4v) is 2.42. The first-order chi connectivity index (χ1) is 10.1. The molecule has 106 valence electrons. The van der Waals surface area contributed by atoms with Gasteiger partial charge in [-0.15, -0.1) is 5.10 Å². The Morgan fingerprint density at radius 2 is 1.90 bits per heavy atom. The van der Waals surface area contributed by atoms with Gasteiger partial charge >= 0.3 is 0 Å². The summed E-state index contributed by atoms with van der Waals surface area (Å²) in [6, 6.07) is 8.57. The minimum absolute atomic E-state index is 0.0818. The van der Waals surface area contributed by atoms with Gasteiger partial charge in [-0.05, 0) is 56.7 Å². The maximum Gasteiger partial charge on any atom is 0.190 e. The third kappa shape index (κ3) is 2.38. The van der Waals surface area contributed by atoms with E-state index in [0.29, 0.717) is 4.47 Å². The first kappa shape index (κ1) is 13.6. The van der Waals surface area contributed by atoms with Crippen LogP contribution in [0.25, 0.3) is 17.1 Å². The van der Waals surface area contributed by atoms with Gasteiger partial charge in [0.25, 0.3) is 0 Å². The van der Waals surface area contributed by atoms with Gasteiger partial charge in [0, 0.05) is 10.2 Å². The average molecular weight is 352 g/mol. The molecule has 0 saturated carbocycles. The molecular weight excluding hydrogens is 344 g/mol. The molecule has 1 aromatic heterocycles. The van der Waals surface area contributed by atoms with Crippen molar-refractivity contribution < 1.29 is 8.78 Å². The zero-order valence-corrected chi connectivity index (χ0v) is 12.1. The van der Waals surface area contributed by atoms with E-state index < -0.39 is 11.6 Å². The number of nitrogen functional groups attached to an aromatic ring is 1. The largest absolute Gasteiger partial charge is 0.399 e. The Morgan fingerprint density at radius 3 is 2.62 bits per heavy atom. The summed E-state index contributed by atoms with van der Waals surface area (Å²) in [5.41, 5.74) is 6.03. The standard InChI is InChI=1S/C13H8BrF2N5/c14-9-2-1-3-10(15)12(9)21-13(18-19-20-21)8-5-4-7(17)6-11(8)16/h1-6H,17H2. The highest BCUT2D eigenvalue weighted by atomic mass is 79.9. The average Bonchev–Trinajstić information content (AvgIpc) is 2.87. The Balaban J connectivity index is 2.22. The lowest BCUT2D eigenvalue weighted by Crippen LogP contribution is -2.04. The van der Waals surface area contributed by atoms with Crippen LogP contribution in [-0.2, 0) is 0 Å². The first-order valence-corrected chi connectivity index (χ1v) is 6.65. The molecule has 0 fully saturated rings. The van der Waals surface area contributed by atoms with Crippen LogP contribution in [0.1, 0.15) is 0 Å². The molecule has 0 amide bonds. The molecule has 0 atom stereocenters. The molecule has 8 heteroatoms. The van der Waals surface area contributed by atoms with E-state index in [2.05, 4.69) is 31.5 Å². The van der Waals surface area contributed by atoms with Crippen molar-refractivity contribution in [2.75, 3.05) is 5.73 Å². The Labute approximate surface area is 126 Å². The summed E-state index contributed by atoms with van der Waals surface area (Å²) < 4.78 is 29.6. The van der Waals surface area contributed by atoms with Crippen molar-refractivity contribution >= 4 is 21.6 Å². The number of nitrogens with two attached hydrogens (primary N) is 1. The molecule has 3 rings (SSSR count). The van der Waals surface area contributed by atoms with Crippen LogP contribution in [0.4, 0.5) is 14.5 Å². The molecule has 0 saturated heterocycles. The topological polar surface area (TPSA) is 69.6 Å². The summed E-state index contributed by atoms with van der Waals surface area (Å²) in [5, 5.41) is 11.0. The van der Waals surface area contributed by atoms with Crippen LogP contribution in [0.5, 0.6) is 0 Å². The van der Waals surface area contributed by atoms with E-state index in [-0.39, 0.29) is 22.8 Å². The highest BCUT2D eigenvalue weighted by Crippen LogP contribution is 2.28. The summed E-state index contributed by atoms with van der Waals surface area (Å²) in [5.74, 6) is -1.04. The zero-order chi connectivity index (χ0) is 15.0. The molecule has 0 aliphatic rings. The second kappa shape index (κ2) is 5.21. The van der Waals surface area contributed by atoms with Crippen LogP contribution in [0.3, 0.4) is 0 Å². The van der Waals surface area contributed by atoms with E-state index >= 15 is 0 Å². The minimum Gasteiger partial charge on any atom is -0.399 e. The molecule has 0 aliphatic carbocycles. The Kier molecular flexibility index (Phi) is 3.38. The van der Waals surface area contributed by atoms with Crippen molar-refractivity contribution in [1.29, 1.82) is 0 Å². The monoisotopic (exact) mass is 351 g/mol. The van der Waals surface area contributed by atoms with Crippen LogP contribution in [0.15, 0.2) is 40.9 Å². The number of anilines is 1. The van der Waals surface area contributed by atoms with Crippen LogP contribution in [-0.4, -0.2) is 20.2 Å². The van der Waals surface area contributed by atoms with E-state index in [9.17, 15) is 8.78 Å². The van der Waals surface area contributed by atoms with E-state index in [1.165, 1.54) is 24.3 Å².